The van der Waals surface area contributed by atoms with Gasteiger partial charge in [0.05, 0.1) is 18.2 Å². The number of carbonyl (C=O) groups excluding carboxylic acids is 2. The highest BCUT2D eigenvalue weighted by atomic mass is 35.5. The molecule has 0 aromatic heterocycles. The van der Waals surface area contributed by atoms with Crippen LogP contribution in [0.2, 0.25) is 5.02 Å². The number of ether oxygens (including phenoxy) is 1. The summed E-state index contributed by atoms with van der Waals surface area (Å²) >= 11 is 5.96. The highest BCUT2D eigenvalue weighted by molar-refractivity contribution is 6.30. The van der Waals surface area contributed by atoms with Crippen molar-refractivity contribution in [3.63, 3.8) is 0 Å². The average Bonchev–Trinajstić information content (AvgIpc) is 2.72. The van der Waals surface area contributed by atoms with Crippen LogP contribution in [-0.2, 0) is 9.53 Å². The first-order valence-corrected chi connectivity index (χ1v) is 9.88. The molecule has 0 saturated carbocycles. The lowest BCUT2D eigenvalue weighted by Crippen LogP contribution is -2.48. The van der Waals surface area contributed by atoms with E-state index in [1.54, 1.807) is 6.92 Å². The fourth-order valence-electron chi connectivity index (χ4n) is 3.23. The highest BCUT2D eigenvalue weighted by Crippen LogP contribution is 2.28. The number of urea groups is 1. The van der Waals surface area contributed by atoms with Gasteiger partial charge in [-0.05, 0) is 37.1 Å². The summed E-state index contributed by atoms with van der Waals surface area (Å²) in [6.07, 6.45) is 0. The molecule has 2 aromatic carbocycles. The smallest absolute Gasteiger partial charge is 0.338 e. The number of halogens is 1. The first-order valence-electron chi connectivity index (χ1n) is 9.51. The van der Waals surface area contributed by atoms with E-state index in [1.165, 1.54) is 0 Å². The lowest BCUT2D eigenvalue weighted by Gasteiger charge is -2.30. The number of benzene rings is 2. The molecular weight excluding hydrogens is 390 g/mol. The molecule has 0 aliphatic carbocycles. The molecule has 2 atom stereocenters. The molecule has 1 aliphatic heterocycles. The molecule has 0 radical (unpaired) electrons. The minimum atomic E-state index is -0.577. The van der Waals surface area contributed by atoms with E-state index in [0.717, 1.165) is 11.1 Å². The maximum absolute atomic E-state index is 12.7. The zero-order valence-corrected chi connectivity index (χ0v) is 17.1. The Bertz CT molecular complexity index is 897. The summed E-state index contributed by atoms with van der Waals surface area (Å²) in [7, 11) is 0. The molecule has 3 rings (SSSR count). The van der Waals surface area contributed by atoms with Crippen molar-refractivity contribution >= 4 is 23.6 Å². The van der Waals surface area contributed by atoms with Gasteiger partial charge in [-0.2, -0.15) is 0 Å². The zero-order valence-electron chi connectivity index (χ0n) is 16.4. The van der Waals surface area contributed by atoms with Gasteiger partial charge in [0.1, 0.15) is 0 Å². The van der Waals surface area contributed by atoms with Gasteiger partial charge in [0.2, 0.25) is 0 Å². The van der Waals surface area contributed by atoms with Crippen molar-refractivity contribution in [2.24, 2.45) is 0 Å². The fourth-order valence-corrected chi connectivity index (χ4v) is 3.35. The predicted molar refractivity (Wildman–Crippen MR) is 112 cm³/mol. The minimum Gasteiger partial charge on any atom is -0.463 e. The van der Waals surface area contributed by atoms with Gasteiger partial charge in [-0.25, -0.2) is 9.59 Å². The lowest BCUT2D eigenvalue weighted by molar-refractivity contribution is -0.139. The summed E-state index contributed by atoms with van der Waals surface area (Å²) in [6, 6.07) is 16.0. The Morgan fingerprint density at radius 3 is 2.52 bits per heavy atom. The number of rotatable bonds is 7. The van der Waals surface area contributed by atoms with E-state index in [9.17, 15) is 9.59 Å². The summed E-state index contributed by atoms with van der Waals surface area (Å²) in [5, 5.41) is 9.62. The molecule has 3 N–H and O–H groups in total. The molecule has 0 unspecified atom stereocenters. The summed E-state index contributed by atoms with van der Waals surface area (Å²) in [6.45, 7) is 4.31. The Labute approximate surface area is 175 Å². The Kier molecular flexibility index (Phi) is 6.90. The average molecular weight is 414 g/mol. The fraction of sp³-hybridized carbons (Fsp3) is 0.273. The number of amides is 2. The van der Waals surface area contributed by atoms with E-state index in [1.807, 2.05) is 61.5 Å². The molecule has 1 heterocycles. The number of nitrogens with one attached hydrogen (secondary N) is 3. The van der Waals surface area contributed by atoms with E-state index in [4.69, 9.17) is 16.3 Å². The van der Waals surface area contributed by atoms with Crippen molar-refractivity contribution in [1.82, 2.24) is 16.0 Å². The van der Waals surface area contributed by atoms with Gasteiger partial charge in [0.25, 0.3) is 0 Å². The Balaban J connectivity index is 1.88. The molecule has 0 saturated heterocycles. The van der Waals surface area contributed by atoms with Crippen molar-refractivity contribution in [3.8, 4) is 0 Å². The molecule has 6 nitrogen and oxygen atoms in total. The Morgan fingerprint density at radius 1 is 1.17 bits per heavy atom. The van der Waals surface area contributed by atoms with Gasteiger partial charge in [0.15, 0.2) is 0 Å². The van der Waals surface area contributed by atoms with Crippen LogP contribution in [0.15, 0.2) is 65.9 Å². The van der Waals surface area contributed by atoms with Crippen LogP contribution in [0.5, 0.6) is 0 Å². The van der Waals surface area contributed by atoms with Gasteiger partial charge in [-0.1, -0.05) is 54.1 Å². The monoisotopic (exact) mass is 413 g/mol. The van der Waals surface area contributed by atoms with Crippen molar-refractivity contribution in [3.05, 3.63) is 82.0 Å². The van der Waals surface area contributed by atoms with Crippen LogP contribution in [-0.4, -0.2) is 25.2 Å². The van der Waals surface area contributed by atoms with Gasteiger partial charge < -0.3 is 20.7 Å². The normalized spacial score (nSPS) is 17.3. The molecule has 2 amide bonds. The SMILES string of the molecule is CCOC(=O)C1=C(CN[C@@H](C)c2ccc(Cl)cc2)NC(=O)N[C@@H]1c1ccccc1. The second-order valence-electron chi connectivity index (χ2n) is 6.71. The minimum absolute atomic E-state index is 0.00910. The lowest BCUT2D eigenvalue weighted by atomic mass is 9.95. The maximum Gasteiger partial charge on any atom is 0.338 e. The van der Waals surface area contributed by atoms with Gasteiger partial charge in [-0.3, -0.25) is 0 Å². The maximum atomic E-state index is 12.7. The molecule has 0 fully saturated rings. The van der Waals surface area contributed by atoms with Crippen LogP contribution in [0.3, 0.4) is 0 Å². The molecule has 152 valence electrons. The number of hydrogen-bond acceptors (Lipinski definition) is 4. The third-order valence-electron chi connectivity index (χ3n) is 4.74. The van der Waals surface area contributed by atoms with Crippen molar-refractivity contribution in [2.75, 3.05) is 13.2 Å². The van der Waals surface area contributed by atoms with E-state index in [0.29, 0.717) is 22.8 Å². The van der Waals surface area contributed by atoms with E-state index in [2.05, 4.69) is 16.0 Å². The van der Waals surface area contributed by atoms with E-state index < -0.39 is 12.0 Å². The topological polar surface area (TPSA) is 79.5 Å². The largest absolute Gasteiger partial charge is 0.463 e. The summed E-state index contributed by atoms with van der Waals surface area (Å²) < 4.78 is 5.27. The van der Waals surface area contributed by atoms with Gasteiger partial charge in [0, 0.05) is 23.3 Å². The number of carbonyl (C=O) groups is 2. The van der Waals surface area contributed by atoms with Crippen LogP contribution in [0, 0.1) is 0 Å². The van der Waals surface area contributed by atoms with Crippen molar-refractivity contribution in [2.45, 2.75) is 25.9 Å². The Morgan fingerprint density at radius 2 is 1.86 bits per heavy atom. The summed E-state index contributed by atoms with van der Waals surface area (Å²) in [5.41, 5.74) is 2.76. The van der Waals surface area contributed by atoms with Crippen LogP contribution in [0.4, 0.5) is 4.79 Å². The zero-order chi connectivity index (χ0) is 20.8. The van der Waals surface area contributed by atoms with E-state index >= 15 is 0 Å². The molecule has 0 spiro atoms. The van der Waals surface area contributed by atoms with Gasteiger partial charge in [-0.15, -0.1) is 0 Å². The molecule has 2 aromatic rings. The van der Waals surface area contributed by atoms with Crippen molar-refractivity contribution in [1.29, 1.82) is 0 Å². The second-order valence-corrected chi connectivity index (χ2v) is 7.15. The molecule has 0 bridgehead atoms. The van der Waals surface area contributed by atoms with Crippen LogP contribution in [0.1, 0.15) is 37.1 Å². The number of hydrogen-bond donors (Lipinski definition) is 3. The molecular formula is C22H24ClN3O3. The highest BCUT2D eigenvalue weighted by Gasteiger charge is 2.33. The van der Waals surface area contributed by atoms with E-state index in [-0.39, 0.29) is 18.7 Å². The van der Waals surface area contributed by atoms with Crippen molar-refractivity contribution < 1.29 is 14.3 Å². The third kappa shape index (κ3) is 5.16. The first-order chi connectivity index (χ1) is 14.0. The standard InChI is InChI=1S/C22H24ClN3O3/c1-3-29-21(27)19-18(13-24-14(2)15-9-11-17(23)12-10-15)25-22(28)26-20(19)16-7-5-4-6-8-16/h4-12,14,20,24H,3,13H2,1-2H3,(H2,25,26,28)/t14-,20+/m0/s1. The Hall–Kier alpha value is -2.83. The van der Waals surface area contributed by atoms with Crippen LogP contribution in [0.25, 0.3) is 0 Å². The predicted octanol–water partition coefficient (Wildman–Crippen LogP) is 3.86. The summed E-state index contributed by atoms with van der Waals surface area (Å²) in [4.78, 5) is 25.0. The van der Waals surface area contributed by atoms with Gasteiger partial charge >= 0.3 is 12.0 Å². The molecule has 7 heteroatoms. The number of esters is 1. The quantitative estimate of drug-likeness (QED) is 0.602. The second kappa shape index (κ2) is 9.58. The molecule has 29 heavy (non-hydrogen) atoms. The molecule has 1 aliphatic rings. The first kappa shape index (κ1) is 20.9. The summed E-state index contributed by atoms with van der Waals surface area (Å²) in [5.74, 6) is -0.454. The van der Waals surface area contributed by atoms with Crippen LogP contribution < -0.4 is 16.0 Å². The third-order valence-corrected chi connectivity index (χ3v) is 4.99. The van der Waals surface area contributed by atoms with Crippen LogP contribution >= 0.6 is 11.6 Å².